The third-order valence-corrected chi connectivity index (χ3v) is 2.85. The van der Waals surface area contributed by atoms with E-state index < -0.39 is 5.91 Å². The van der Waals surface area contributed by atoms with E-state index in [-0.39, 0.29) is 0 Å². The summed E-state index contributed by atoms with van der Waals surface area (Å²) >= 11 is 0. The predicted octanol–water partition coefficient (Wildman–Crippen LogP) is 0.721. The molecular formula is C13H12N6O2. The Morgan fingerprint density at radius 1 is 1.52 bits per heavy atom. The van der Waals surface area contributed by atoms with Crippen LogP contribution in [-0.2, 0) is 11.3 Å². The van der Waals surface area contributed by atoms with Crippen molar-refractivity contribution in [1.29, 1.82) is 0 Å². The Balaban J connectivity index is 1.74. The van der Waals surface area contributed by atoms with Crippen LogP contribution in [0, 0.1) is 0 Å². The number of rotatable bonds is 4. The standard InChI is InChI=1S/C13H12N6O2/c20-12(17-21)4-3-10-7-19(18-16-10)8-11-6-9-2-1-5-14-13(9)15-11/h1-7,21H,8H2,(H,14,15)(H,17,20)/b4-3+. The molecule has 0 fully saturated rings. The molecule has 0 atom stereocenters. The summed E-state index contributed by atoms with van der Waals surface area (Å²) in [6.07, 6.45) is 6.05. The summed E-state index contributed by atoms with van der Waals surface area (Å²) in [5.74, 6) is -0.619. The minimum atomic E-state index is -0.619. The maximum absolute atomic E-state index is 10.9. The fourth-order valence-electron chi connectivity index (χ4n) is 1.94. The molecule has 0 aliphatic heterocycles. The van der Waals surface area contributed by atoms with Crippen LogP contribution in [0.5, 0.6) is 0 Å². The molecule has 3 aromatic rings. The van der Waals surface area contributed by atoms with Crippen molar-refractivity contribution in [3.05, 3.63) is 48.1 Å². The second-order valence-electron chi connectivity index (χ2n) is 4.39. The third kappa shape index (κ3) is 2.95. The van der Waals surface area contributed by atoms with Gasteiger partial charge in [0.15, 0.2) is 0 Å². The van der Waals surface area contributed by atoms with Gasteiger partial charge in [-0.05, 0) is 24.3 Å². The van der Waals surface area contributed by atoms with E-state index in [9.17, 15) is 4.79 Å². The average molecular weight is 284 g/mol. The van der Waals surface area contributed by atoms with Crippen molar-refractivity contribution >= 4 is 23.0 Å². The molecule has 3 rings (SSSR count). The summed E-state index contributed by atoms with van der Waals surface area (Å²) < 4.78 is 1.64. The maximum atomic E-state index is 10.9. The van der Waals surface area contributed by atoms with Gasteiger partial charge in [-0.2, -0.15) is 0 Å². The van der Waals surface area contributed by atoms with Crippen LogP contribution >= 0.6 is 0 Å². The number of fused-ring (bicyclic) bond motifs is 1. The van der Waals surface area contributed by atoms with Gasteiger partial charge in [0.05, 0.1) is 12.7 Å². The first-order valence-electron chi connectivity index (χ1n) is 6.19. The lowest BCUT2D eigenvalue weighted by molar-refractivity contribution is -0.124. The topological polar surface area (TPSA) is 109 Å². The van der Waals surface area contributed by atoms with Gasteiger partial charge in [-0.25, -0.2) is 15.1 Å². The number of nitrogens with one attached hydrogen (secondary N) is 2. The molecule has 0 bridgehead atoms. The van der Waals surface area contributed by atoms with Crippen molar-refractivity contribution in [2.75, 3.05) is 0 Å². The number of aromatic amines is 1. The lowest BCUT2D eigenvalue weighted by Gasteiger charge is -1.95. The Kier molecular flexibility index (Phi) is 3.44. The molecule has 8 heteroatoms. The molecule has 8 nitrogen and oxygen atoms in total. The molecule has 0 aliphatic rings. The van der Waals surface area contributed by atoms with Crippen LogP contribution in [0.25, 0.3) is 17.1 Å². The second kappa shape index (κ2) is 5.55. The van der Waals surface area contributed by atoms with Crippen LogP contribution in [0.1, 0.15) is 11.4 Å². The van der Waals surface area contributed by atoms with Crippen LogP contribution in [0.4, 0.5) is 0 Å². The Morgan fingerprint density at radius 2 is 2.43 bits per heavy atom. The zero-order valence-electron chi connectivity index (χ0n) is 10.9. The Labute approximate surface area is 119 Å². The number of H-pyrrole nitrogens is 1. The molecule has 0 unspecified atom stereocenters. The molecule has 21 heavy (non-hydrogen) atoms. The van der Waals surface area contributed by atoms with Gasteiger partial charge in [0, 0.05) is 23.4 Å². The van der Waals surface area contributed by atoms with Crippen molar-refractivity contribution in [2.45, 2.75) is 6.54 Å². The van der Waals surface area contributed by atoms with E-state index in [1.165, 1.54) is 17.6 Å². The number of aromatic nitrogens is 5. The molecule has 0 spiro atoms. The number of hydrogen-bond donors (Lipinski definition) is 3. The van der Waals surface area contributed by atoms with Gasteiger partial charge in [-0.3, -0.25) is 10.0 Å². The molecule has 106 valence electrons. The molecule has 3 N–H and O–H groups in total. The summed E-state index contributed by atoms with van der Waals surface area (Å²) in [6.45, 7) is 0.517. The highest BCUT2D eigenvalue weighted by Gasteiger charge is 2.04. The SMILES string of the molecule is O=C(/C=C/c1cn(Cc2cc3cccnc3[nH]2)nn1)NO. The number of hydrogen-bond acceptors (Lipinski definition) is 5. The lowest BCUT2D eigenvalue weighted by Crippen LogP contribution is -2.14. The average Bonchev–Trinajstić information content (AvgIpc) is 3.10. The van der Waals surface area contributed by atoms with Gasteiger partial charge < -0.3 is 4.98 Å². The summed E-state index contributed by atoms with van der Waals surface area (Å²) in [7, 11) is 0. The highest BCUT2D eigenvalue weighted by atomic mass is 16.5. The minimum absolute atomic E-state index is 0.517. The summed E-state index contributed by atoms with van der Waals surface area (Å²) in [5, 5.41) is 17.3. The molecule has 3 heterocycles. The van der Waals surface area contributed by atoms with E-state index in [0.29, 0.717) is 12.2 Å². The van der Waals surface area contributed by atoms with E-state index in [1.807, 2.05) is 18.2 Å². The first-order valence-corrected chi connectivity index (χ1v) is 6.19. The van der Waals surface area contributed by atoms with Crippen molar-refractivity contribution in [3.63, 3.8) is 0 Å². The van der Waals surface area contributed by atoms with Gasteiger partial charge in [-0.1, -0.05) is 5.21 Å². The Bertz CT molecular complexity index is 771. The Morgan fingerprint density at radius 3 is 3.24 bits per heavy atom. The number of nitrogens with zero attached hydrogens (tertiary/aromatic N) is 4. The zero-order chi connectivity index (χ0) is 14.7. The molecule has 0 radical (unpaired) electrons. The normalized spacial score (nSPS) is 11.3. The van der Waals surface area contributed by atoms with Crippen LogP contribution in [-0.4, -0.2) is 36.1 Å². The number of pyridine rings is 1. The number of carbonyl (C=O) groups excluding carboxylic acids is 1. The second-order valence-corrected chi connectivity index (χ2v) is 4.39. The molecule has 0 aromatic carbocycles. The minimum Gasteiger partial charge on any atom is -0.342 e. The molecule has 0 aliphatic carbocycles. The van der Waals surface area contributed by atoms with E-state index in [2.05, 4.69) is 20.3 Å². The summed E-state index contributed by atoms with van der Waals surface area (Å²) in [4.78, 5) is 18.3. The summed E-state index contributed by atoms with van der Waals surface area (Å²) in [6, 6.07) is 5.86. The van der Waals surface area contributed by atoms with Crippen molar-refractivity contribution in [3.8, 4) is 0 Å². The first-order chi connectivity index (χ1) is 10.2. The monoisotopic (exact) mass is 284 g/mol. The fourth-order valence-corrected chi connectivity index (χ4v) is 1.94. The maximum Gasteiger partial charge on any atom is 0.267 e. The van der Waals surface area contributed by atoms with E-state index in [0.717, 1.165) is 16.7 Å². The van der Waals surface area contributed by atoms with Gasteiger partial charge in [0.2, 0.25) is 0 Å². The quantitative estimate of drug-likeness (QED) is 0.371. The van der Waals surface area contributed by atoms with Gasteiger partial charge in [-0.15, -0.1) is 5.10 Å². The van der Waals surface area contributed by atoms with Gasteiger partial charge in [0.1, 0.15) is 11.3 Å². The lowest BCUT2D eigenvalue weighted by atomic mass is 10.3. The highest BCUT2D eigenvalue weighted by molar-refractivity contribution is 5.90. The van der Waals surface area contributed by atoms with Gasteiger partial charge in [0.25, 0.3) is 5.91 Å². The molecule has 0 saturated heterocycles. The van der Waals surface area contributed by atoms with E-state index in [4.69, 9.17) is 5.21 Å². The van der Waals surface area contributed by atoms with Crippen LogP contribution in [0.3, 0.4) is 0 Å². The van der Waals surface area contributed by atoms with E-state index >= 15 is 0 Å². The van der Waals surface area contributed by atoms with Crippen LogP contribution < -0.4 is 5.48 Å². The van der Waals surface area contributed by atoms with Crippen LogP contribution in [0.2, 0.25) is 0 Å². The van der Waals surface area contributed by atoms with Crippen LogP contribution in [0.15, 0.2) is 36.7 Å². The van der Waals surface area contributed by atoms with Crippen molar-refractivity contribution in [1.82, 2.24) is 30.4 Å². The molecular weight excluding hydrogens is 272 g/mol. The van der Waals surface area contributed by atoms with Crippen molar-refractivity contribution < 1.29 is 10.0 Å². The van der Waals surface area contributed by atoms with Gasteiger partial charge >= 0.3 is 0 Å². The largest absolute Gasteiger partial charge is 0.342 e. The number of hydroxylamine groups is 1. The molecule has 1 amide bonds. The zero-order valence-corrected chi connectivity index (χ0v) is 10.9. The van der Waals surface area contributed by atoms with E-state index in [1.54, 1.807) is 17.1 Å². The first kappa shape index (κ1) is 13.0. The van der Waals surface area contributed by atoms with Crippen molar-refractivity contribution in [2.24, 2.45) is 0 Å². The smallest absolute Gasteiger partial charge is 0.267 e. The predicted molar refractivity (Wildman–Crippen MR) is 74.2 cm³/mol. The Hall–Kier alpha value is -3.00. The highest BCUT2D eigenvalue weighted by Crippen LogP contribution is 2.13. The molecule has 3 aromatic heterocycles. The third-order valence-electron chi connectivity index (χ3n) is 2.85. The fraction of sp³-hybridized carbons (Fsp3) is 0.0769. The summed E-state index contributed by atoms with van der Waals surface area (Å²) in [5.41, 5.74) is 3.81. The molecule has 0 saturated carbocycles. The number of amides is 1. The number of carbonyl (C=O) groups is 1.